The molecule has 8 aromatic carbocycles. The van der Waals surface area contributed by atoms with Gasteiger partial charge in [-0.3, -0.25) is 0 Å². The number of allylic oxidation sites excluding steroid dienone is 6. The van der Waals surface area contributed by atoms with E-state index < -0.39 is 0 Å². The summed E-state index contributed by atoms with van der Waals surface area (Å²) in [4.78, 5) is 4.32. The number of aliphatic hydroxyl groups excluding tert-OH is 3. The number of aliphatic hydroxyl groups is 3. The fourth-order valence-corrected chi connectivity index (χ4v) is 9.44. The van der Waals surface area contributed by atoms with Gasteiger partial charge in [-0.25, -0.2) is 0 Å². The van der Waals surface area contributed by atoms with E-state index in [2.05, 4.69) is 121 Å². The third-order valence-electron chi connectivity index (χ3n) is 13.0. The summed E-state index contributed by atoms with van der Waals surface area (Å²) < 4.78 is 0. The molecule has 2 aliphatic rings. The normalized spacial score (nSPS) is 13.6. The molecule has 1 aliphatic carbocycles. The van der Waals surface area contributed by atoms with E-state index in [0.717, 1.165) is 68.1 Å². The first-order valence-electron chi connectivity index (χ1n) is 22.8. The lowest BCUT2D eigenvalue weighted by Crippen LogP contribution is -2.22. The molecule has 0 fully saturated rings. The highest BCUT2D eigenvalue weighted by atomic mass is 16.3. The maximum atomic E-state index is 12.4. The molecule has 0 radical (unpaired) electrons. The highest BCUT2D eigenvalue weighted by Gasteiger charge is 2.31. The minimum absolute atomic E-state index is 0.0276. The molecule has 5 nitrogen and oxygen atoms in total. The van der Waals surface area contributed by atoms with Crippen LogP contribution in [0.3, 0.4) is 0 Å². The van der Waals surface area contributed by atoms with E-state index >= 15 is 0 Å². The smallest absolute Gasteiger partial charge is 0.181 e. The second-order valence-electron chi connectivity index (χ2n) is 17.1. The van der Waals surface area contributed by atoms with E-state index in [9.17, 15) is 15.3 Å². The second-order valence-corrected chi connectivity index (χ2v) is 17.1. The molecule has 0 bridgehead atoms. The van der Waals surface area contributed by atoms with E-state index in [-0.39, 0.29) is 29.4 Å². The quantitative estimate of drug-likeness (QED) is 0.0892. The van der Waals surface area contributed by atoms with Gasteiger partial charge in [0.1, 0.15) is 7.85 Å². The van der Waals surface area contributed by atoms with Crippen molar-refractivity contribution in [3.8, 4) is 33.4 Å². The first-order chi connectivity index (χ1) is 33.2. The Labute approximate surface area is 399 Å². The fraction of sp³-hybridized carbons (Fsp3) is 0.0323. The van der Waals surface area contributed by atoms with Crippen molar-refractivity contribution in [1.82, 2.24) is 0 Å². The van der Waals surface area contributed by atoms with Crippen LogP contribution in [0.4, 0.5) is 22.7 Å². The van der Waals surface area contributed by atoms with Crippen molar-refractivity contribution >= 4 is 47.3 Å². The van der Waals surface area contributed by atoms with Crippen molar-refractivity contribution in [3.63, 3.8) is 0 Å². The molecule has 328 valence electrons. The van der Waals surface area contributed by atoms with Crippen LogP contribution in [0.15, 0.2) is 260 Å². The highest BCUT2D eigenvalue weighted by Crippen LogP contribution is 2.48. The van der Waals surface area contributed by atoms with Gasteiger partial charge in [-0.1, -0.05) is 189 Å². The Morgan fingerprint density at radius 3 is 1.78 bits per heavy atom. The van der Waals surface area contributed by atoms with Crippen LogP contribution in [0.2, 0.25) is 0 Å². The molecule has 0 saturated heterocycles. The molecule has 0 aromatic heterocycles. The fourth-order valence-electron chi connectivity index (χ4n) is 9.44. The van der Waals surface area contributed by atoms with Crippen LogP contribution in [0.25, 0.3) is 50.1 Å². The average Bonchev–Trinajstić information content (AvgIpc) is 3.48. The molecular formula is C62H49BN2O3. The lowest BCUT2D eigenvalue weighted by atomic mass is 9.85. The third-order valence-corrected chi connectivity index (χ3v) is 13.0. The molecule has 3 N–H and O–H groups in total. The first kappa shape index (κ1) is 43.2. The Morgan fingerprint density at radius 2 is 1.07 bits per heavy atom. The molecule has 8 aromatic rings. The molecule has 0 spiro atoms. The number of rotatable bonds is 11. The third kappa shape index (κ3) is 8.25. The largest absolute Gasteiger partial charge is 0.512 e. The van der Waals surface area contributed by atoms with Crippen molar-refractivity contribution in [3.05, 3.63) is 282 Å². The van der Waals surface area contributed by atoms with Crippen LogP contribution in [-0.2, 0) is 6.54 Å². The van der Waals surface area contributed by atoms with Gasteiger partial charge < -0.3 is 25.1 Å². The predicted molar refractivity (Wildman–Crippen MR) is 286 cm³/mol. The molecule has 6 heteroatoms. The Kier molecular flexibility index (Phi) is 11.8. The van der Waals surface area contributed by atoms with E-state index in [4.69, 9.17) is 0 Å². The number of anilines is 4. The Morgan fingerprint density at radius 1 is 0.529 bits per heavy atom. The zero-order chi connectivity index (χ0) is 46.7. The topological polar surface area (TPSA) is 67.2 Å². The number of para-hydroxylation sites is 3. The SMILES string of the molecule is BC1=C(O)CC(c2ccccc2)=C(O)C(O)=C1N(c1ccc(C(=C)/C=C\C(=C)c2ccccc2)cc1)c1ccccc1-c1cccc(-c2cccc3c2-c2ccccc2N(c2ccccc2)C3)c1. The highest BCUT2D eigenvalue weighted by molar-refractivity contribution is 6.25. The summed E-state index contributed by atoms with van der Waals surface area (Å²) in [5.74, 6) is -0.607. The number of hydrogen-bond acceptors (Lipinski definition) is 5. The summed E-state index contributed by atoms with van der Waals surface area (Å²) in [5, 5.41) is 36.2. The minimum Gasteiger partial charge on any atom is -0.512 e. The van der Waals surface area contributed by atoms with Crippen LogP contribution in [-0.4, -0.2) is 23.2 Å². The van der Waals surface area contributed by atoms with Crippen molar-refractivity contribution in [2.75, 3.05) is 9.80 Å². The molecule has 1 heterocycles. The van der Waals surface area contributed by atoms with Crippen molar-refractivity contribution in [2.24, 2.45) is 0 Å². The van der Waals surface area contributed by atoms with Crippen LogP contribution < -0.4 is 9.80 Å². The zero-order valence-electron chi connectivity index (χ0n) is 37.8. The summed E-state index contributed by atoms with van der Waals surface area (Å²) in [5.41, 5.74) is 16.8. The van der Waals surface area contributed by atoms with Crippen molar-refractivity contribution in [1.29, 1.82) is 0 Å². The second kappa shape index (κ2) is 18.6. The minimum atomic E-state index is -0.344. The predicted octanol–water partition coefficient (Wildman–Crippen LogP) is 15.3. The van der Waals surface area contributed by atoms with Crippen LogP contribution in [0, 0.1) is 0 Å². The van der Waals surface area contributed by atoms with Gasteiger partial charge in [0.15, 0.2) is 11.5 Å². The standard InChI is InChI=1S/C62H49BN2O3/c1-41(43-18-6-3-7-19-43)32-33-42(2)44-34-36-50(37-35-44)65(60-59(63)57(66)39-54(61(67)62(60)68)45-20-8-4-9-21-45)56-31-15-12-27-51(56)46-22-16-23-47(38-46)52-29-17-24-48-40-64(49-25-10-5-11-26-49)55-30-14-13-28-53(55)58(48)52/h3-38,66-68H,1-2,39-40,63H2/b33-32-. The first-order valence-corrected chi connectivity index (χ1v) is 22.8. The van der Waals surface area contributed by atoms with Gasteiger partial charge in [-0.15, -0.1) is 0 Å². The summed E-state index contributed by atoms with van der Waals surface area (Å²) in [6.45, 7) is 9.37. The average molecular weight is 881 g/mol. The number of nitrogens with zero attached hydrogens (tertiary/aromatic N) is 2. The monoisotopic (exact) mass is 880 g/mol. The maximum absolute atomic E-state index is 12.4. The number of fused-ring (bicyclic) bond motifs is 3. The van der Waals surface area contributed by atoms with Gasteiger partial charge in [0, 0.05) is 46.7 Å². The molecule has 0 saturated carbocycles. The van der Waals surface area contributed by atoms with Gasteiger partial charge in [-0.2, -0.15) is 0 Å². The maximum Gasteiger partial charge on any atom is 0.181 e. The molecule has 0 unspecified atom stereocenters. The van der Waals surface area contributed by atoms with Gasteiger partial charge in [0.05, 0.1) is 17.1 Å². The molecule has 1 aliphatic heterocycles. The Hall–Kier alpha value is -8.74. The zero-order valence-corrected chi connectivity index (χ0v) is 37.8. The summed E-state index contributed by atoms with van der Waals surface area (Å²) in [6, 6.07) is 69.8. The van der Waals surface area contributed by atoms with Gasteiger partial charge >= 0.3 is 0 Å². The lowest BCUT2D eigenvalue weighted by Gasteiger charge is -2.34. The van der Waals surface area contributed by atoms with Gasteiger partial charge in [0.25, 0.3) is 0 Å². The van der Waals surface area contributed by atoms with Crippen molar-refractivity contribution < 1.29 is 15.3 Å². The van der Waals surface area contributed by atoms with E-state index in [1.807, 2.05) is 120 Å². The Bertz CT molecular complexity index is 3350. The van der Waals surface area contributed by atoms with Crippen LogP contribution >= 0.6 is 0 Å². The summed E-state index contributed by atoms with van der Waals surface area (Å²) in [7, 11) is 1.79. The van der Waals surface area contributed by atoms with E-state index in [0.29, 0.717) is 22.3 Å². The molecule has 0 amide bonds. The van der Waals surface area contributed by atoms with Crippen LogP contribution in [0.1, 0.15) is 28.7 Å². The Balaban J connectivity index is 1.10. The molecule has 68 heavy (non-hydrogen) atoms. The molecule has 0 atom stereocenters. The van der Waals surface area contributed by atoms with Crippen LogP contribution in [0.5, 0.6) is 0 Å². The number of benzene rings is 8. The number of hydrogen-bond donors (Lipinski definition) is 3. The van der Waals surface area contributed by atoms with E-state index in [1.165, 1.54) is 16.7 Å². The van der Waals surface area contributed by atoms with Gasteiger partial charge in [0.2, 0.25) is 0 Å². The van der Waals surface area contributed by atoms with Gasteiger partial charge in [-0.05, 0) is 104 Å². The van der Waals surface area contributed by atoms with Crippen molar-refractivity contribution in [2.45, 2.75) is 13.0 Å². The lowest BCUT2D eigenvalue weighted by molar-refractivity contribution is 0.324. The molecular weight excluding hydrogens is 832 g/mol. The molecule has 10 rings (SSSR count). The summed E-state index contributed by atoms with van der Waals surface area (Å²) in [6.07, 6.45) is 3.96. The summed E-state index contributed by atoms with van der Waals surface area (Å²) >= 11 is 0. The van der Waals surface area contributed by atoms with E-state index in [1.54, 1.807) is 7.85 Å².